The Labute approximate surface area is 120 Å². The molecule has 0 saturated heterocycles. The fourth-order valence-corrected chi connectivity index (χ4v) is 2.41. The molecule has 4 heteroatoms. The molecular formula is C16H12ClFO2. The number of halogens is 2. The van der Waals surface area contributed by atoms with Crippen molar-refractivity contribution in [3.63, 3.8) is 0 Å². The zero-order chi connectivity index (χ0) is 14.3. The maximum atomic E-state index is 13.2. The second-order valence-corrected chi connectivity index (χ2v) is 5.17. The number of benzene rings is 2. The highest BCUT2D eigenvalue weighted by atomic mass is 35.5. The van der Waals surface area contributed by atoms with E-state index in [0.29, 0.717) is 27.3 Å². The second kappa shape index (κ2) is 4.93. The molecule has 0 saturated carbocycles. The van der Waals surface area contributed by atoms with E-state index >= 15 is 0 Å². The van der Waals surface area contributed by atoms with Crippen molar-refractivity contribution in [3.05, 3.63) is 70.2 Å². The van der Waals surface area contributed by atoms with Crippen LogP contribution in [0.15, 0.2) is 46.9 Å². The van der Waals surface area contributed by atoms with E-state index in [1.165, 1.54) is 12.1 Å². The first kappa shape index (κ1) is 13.2. The lowest BCUT2D eigenvalue weighted by Crippen LogP contribution is -2.00. The third kappa shape index (κ3) is 2.30. The zero-order valence-electron chi connectivity index (χ0n) is 10.7. The lowest BCUT2D eigenvalue weighted by atomic mass is 10.0. The van der Waals surface area contributed by atoms with E-state index in [1.54, 1.807) is 24.3 Å². The number of aliphatic hydroxyl groups excluding tert-OH is 1. The van der Waals surface area contributed by atoms with Crippen LogP contribution in [0.4, 0.5) is 4.39 Å². The molecule has 0 amide bonds. The lowest BCUT2D eigenvalue weighted by Gasteiger charge is -2.11. The van der Waals surface area contributed by atoms with Gasteiger partial charge in [-0.25, -0.2) is 4.39 Å². The summed E-state index contributed by atoms with van der Waals surface area (Å²) in [5.41, 5.74) is 2.13. The van der Waals surface area contributed by atoms with Gasteiger partial charge in [-0.3, -0.25) is 0 Å². The number of furan rings is 1. The van der Waals surface area contributed by atoms with Gasteiger partial charge in [0, 0.05) is 10.4 Å². The van der Waals surface area contributed by atoms with Crippen LogP contribution in [0.25, 0.3) is 11.0 Å². The molecule has 3 rings (SSSR count). The summed E-state index contributed by atoms with van der Waals surface area (Å²) in [5.74, 6) is 0.0363. The van der Waals surface area contributed by atoms with E-state index in [1.807, 2.05) is 13.0 Å². The zero-order valence-corrected chi connectivity index (χ0v) is 11.5. The largest absolute Gasteiger partial charge is 0.458 e. The van der Waals surface area contributed by atoms with Crippen LogP contribution >= 0.6 is 11.6 Å². The molecule has 0 bridgehead atoms. The van der Waals surface area contributed by atoms with Gasteiger partial charge in [-0.15, -0.1) is 0 Å². The van der Waals surface area contributed by atoms with E-state index in [2.05, 4.69) is 0 Å². The van der Waals surface area contributed by atoms with Crippen LogP contribution in [0.1, 0.15) is 23.0 Å². The van der Waals surface area contributed by atoms with Gasteiger partial charge in [0.15, 0.2) is 0 Å². The van der Waals surface area contributed by atoms with Crippen LogP contribution in [0.2, 0.25) is 5.02 Å². The maximum Gasteiger partial charge on any atom is 0.138 e. The fourth-order valence-electron chi connectivity index (χ4n) is 2.23. The lowest BCUT2D eigenvalue weighted by molar-refractivity contribution is 0.191. The number of rotatable bonds is 2. The van der Waals surface area contributed by atoms with Gasteiger partial charge < -0.3 is 9.52 Å². The average molecular weight is 291 g/mol. The number of fused-ring (bicyclic) bond motifs is 1. The van der Waals surface area contributed by atoms with Gasteiger partial charge in [-0.2, -0.15) is 0 Å². The highest BCUT2D eigenvalue weighted by Crippen LogP contribution is 2.31. The summed E-state index contributed by atoms with van der Waals surface area (Å²) in [6.07, 6.45) is -0.927. The van der Waals surface area contributed by atoms with Crippen molar-refractivity contribution in [1.82, 2.24) is 0 Å². The van der Waals surface area contributed by atoms with E-state index in [-0.39, 0.29) is 5.82 Å². The summed E-state index contributed by atoms with van der Waals surface area (Å²) in [4.78, 5) is 0. The Balaban J connectivity index is 2.07. The van der Waals surface area contributed by atoms with Crippen LogP contribution in [0, 0.1) is 12.7 Å². The molecule has 102 valence electrons. The minimum atomic E-state index is -0.927. The Kier molecular flexibility index (Phi) is 3.24. The Morgan fingerprint density at radius 3 is 2.75 bits per heavy atom. The SMILES string of the molecule is Cc1ccc(Cl)cc1C(O)c1cc2cc(F)ccc2o1. The molecule has 1 N–H and O–H groups in total. The van der Waals surface area contributed by atoms with Gasteiger partial charge in [0.25, 0.3) is 0 Å². The monoisotopic (exact) mass is 290 g/mol. The third-order valence-corrected chi connectivity index (χ3v) is 3.54. The van der Waals surface area contributed by atoms with Crippen LogP contribution in [-0.2, 0) is 0 Å². The highest BCUT2D eigenvalue weighted by molar-refractivity contribution is 6.30. The summed E-state index contributed by atoms with van der Waals surface area (Å²) in [6, 6.07) is 11.2. The number of hydrogen-bond donors (Lipinski definition) is 1. The van der Waals surface area contributed by atoms with Crippen molar-refractivity contribution in [3.8, 4) is 0 Å². The smallest absolute Gasteiger partial charge is 0.138 e. The van der Waals surface area contributed by atoms with Crippen molar-refractivity contribution in [2.75, 3.05) is 0 Å². The topological polar surface area (TPSA) is 33.4 Å². The normalized spacial score (nSPS) is 12.8. The molecule has 2 aromatic carbocycles. The molecule has 20 heavy (non-hydrogen) atoms. The predicted octanol–water partition coefficient (Wildman–Crippen LogP) is 4.62. The molecule has 0 aliphatic heterocycles. The molecule has 3 aromatic rings. The molecular weight excluding hydrogens is 279 g/mol. The van der Waals surface area contributed by atoms with Gasteiger partial charge in [-0.05, 0) is 54.4 Å². The minimum Gasteiger partial charge on any atom is -0.458 e. The Hall–Kier alpha value is -1.84. The van der Waals surface area contributed by atoms with Gasteiger partial charge in [0.05, 0.1) is 0 Å². The van der Waals surface area contributed by atoms with Gasteiger partial charge in [0.1, 0.15) is 23.3 Å². The highest BCUT2D eigenvalue weighted by Gasteiger charge is 2.18. The van der Waals surface area contributed by atoms with E-state index in [0.717, 1.165) is 5.56 Å². The van der Waals surface area contributed by atoms with Crippen molar-refractivity contribution < 1.29 is 13.9 Å². The van der Waals surface area contributed by atoms with E-state index in [9.17, 15) is 9.50 Å². The first-order chi connectivity index (χ1) is 9.54. The summed E-state index contributed by atoms with van der Waals surface area (Å²) in [5, 5.41) is 11.6. The fraction of sp³-hybridized carbons (Fsp3) is 0.125. The Bertz CT molecular complexity index is 779. The molecule has 0 aliphatic carbocycles. The molecule has 0 fully saturated rings. The van der Waals surface area contributed by atoms with E-state index in [4.69, 9.17) is 16.0 Å². The molecule has 1 atom stereocenters. The minimum absolute atomic E-state index is 0.335. The molecule has 1 heterocycles. The first-order valence-corrected chi connectivity index (χ1v) is 6.55. The van der Waals surface area contributed by atoms with E-state index < -0.39 is 6.10 Å². The first-order valence-electron chi connectivity index (χ1n) is 6.18. The quantitative estimate of drug-likeness (QED) is 0.747. The number of aliphatic hydroxyl groups is 1. The van der Waals surface area contributed by atoms with Crippen molar-refractivity contribution >= 4 is 22.6 Å². The number of hydrogen-bond acceptors (Lipinski definition) is 2. The van der Waals surface area contributed by atoms with Crippen LogP contribution in [-0.4, -0.2) is 5.11 Å². The van der Waals surface area contributed by atoms with Gasteiger partial charge in [-0.1, -0.05) is 17.7 Å². The third-order valence-electron chi connectivity index (χ3n) is 3.30. The van der Waals surface area contributed by atoms with Crippen molar-refractivity contribution in [2.45, 2.75) is 13.0 Å². The molecule has 1 aromatic heterocycles. The van der Waals surface area contributed by atoms with Gasteiger partial charge in [0.2, 0.25) is 0 Å². The van der Waals surface area contributed by atoms with Crippen molar-refractivity contribution in [1.29, 1.82) is 0 Å². The van der Waals surface area contributed by atoms with Crippen LogP contribution in [0.3, 0.4) is 0 Å². The van der Waals surface area contributed by atoms with Crippen LogP contribution in [0.5, 0.6) is 0 Å². The average Bonchev–Trinajstić information content (AvgIpc) is 2.83. The van der Waals surface area contributed by atoms with Gasteiger partial charge >= 0.3 is 0 Å². The molecule has 0 aliphatic rings. The number of aryl methyl sites for hydroxylation is 1. The molecule has 0 radical (unpaired) electrons. The standard InChI is InChI=1S/C16H12ClFO2/c1-9-2-3-11(17)8-13(9)16(19)15-7-10-6-12(18)4-5-14(10)20-15/h2-8,16,19H,1H3. The Morgan fingerprint density at radius 2 is 1.95 bits per heavy atom. The predicted molar refractivity (Wildman–Crippen MR) is 76.4 cm³/mol. The molecule has 0 spiro atoms. The summed E-state index contributed by atoms with van der Waals surface area (Å²) >= 11 is 5.96. The summed E-state index contributed by atoms with van der Waals surface area (Å²) < 4.78 is 18.7. The van der Waals surface area contributed by atoms with Crippen LogP contribution < -0.4 is 0 Å². The second-order valence-electron chi connectivity index (χ2n) is 4.73. The molecule has 2 nitrogen and oxygen atoms in total. The Morgan fingerprint density at radius 1 is 1.15 bits per heavy atom. The molecule has 1 unspecified atom stereocenters. The summed E-state index contributed by atoms with van der Waals surface area (Å²) in [6.45, 7) is 1.89. The maximum absolute atomic E-state index is 13.2. The summed E-state index contributed by atoms with van der Waals surface area (Å²) in [7, 11) is 0. The van der Waals surface area contributed by atoms with Crippen molar-refractivity contribution in [2.24, 2.45) is 0 Å².